The molecule has 16 heavy (non-hydrogen) atoms. The molecule has 3 heteroatoms. The van der Waals surface area contributed by atoms with Crippen LogP contribution in [0.15, 0.2) is 0 Å². The molecule has 2 rings (SSSR count). The van der Waals surface area contributed by atoms with Crippen LogP contribution in [0.5, 0.6) is 0 Å². The summed E-state index contributed by atoms with van der Waals surface area (Å²) >= 11 is 0. The highest BCUT2D eigenvalue weighted by Crippen LogP contribution is 2.31. The monoisotopic (exact) mass is 226 g/mol. The molecule has 1 aliphatic heterocycles. The van der Waals surface area contributed by atoms with E-state index in [1.807, 2.05) is 0 Å². The smallest absolute Gasteiger partial charge is 0.0604 e. The van der Waals surface area contributed by atoms with E-state index < -0.39 is 0 Å². The number of hydrogen-bond donors (Lipinski definition) is 1. The Hall–Kier alpha value is -0.120. The lowest BCUT2D eigenvalue weighted by Gasteiger charge is -2.41. The molecular formula is C13H26N2O. The van der Waals surface area contributed by atoms with Gasteiger partial charge >= 0.3 is 0 Å². The number of hydrogen-bond acceptors (Lipinski definition) is 3. The molecule has 94 valence electrons. The second kappa shape index (κ2) is 5.99. The Bertz CT molecular complexity index is 204. The SMILES string of the molecule is CCNCC1CCN(C2CC(OCC)C2)C1. The van der Waals surface area contributed by atoms with Gasteiger partial charge in [0.05, 0.1) is 6.10 Å². The van der Waals surface area contributed by atoms with Crippen LogP contribution in [0.3, 0.4) is 0 Å². The quantitative estimate of drug-likeness (QED) is 0.742. The molecule has 1 saturated heterocycles. The largest absolute Gasteiger partial charge is 0.378 e. The minimum atomic E-state index is 0.558. The van der Waals surface area contributed by atoms with Gasteiger partial charge in [-0.2, -0.15) is 0 Å². The molecule has 1 aliphatic carbocycles. The predicted octanol–water partition coefficient (Wildman–Crippen LogP) is 1.49. The van der Waals surface area contributed by atoms with E-state index in [0.717, 1.165) is 25.1 Å². The lowest BCUT2D eigenvalue weighted by Crippen LogP contribution is -2.47. The van der Waals surface area contributed by atoms with Crippen LogP contribution in [-0.4, -0.2) is 49.8 Å². The average molecular weight is 226 g/mol. The lowest BCUT2D eigenvalue weighted by molar-refractivity contribution is -0.0415. The van der Waals surface area contributed by atoms with Crippen LogP contribution < -0.4 is 5.32 Å². The molecule has 1 saturated carbocycles. The third-order valence-electron chi connectivity index (χ3n) is 3.99. The van der Waals surface area contributed by atoms with Crippen molar-refractivity contribution < 1.29 is 4.74 Å². The van der Waals surface area contributed by atoms with Crippen LogP contribution in [0.4, 0.5) is 0 Å². The third kappa shape index (κ3) is 2.96. The highest BCUT2D eigenvalue weighted by molar-refractivity contribution is 4.91. The topological polar surface area (TPSA) is 24.5 Å². The zero-order chi connectivity index (χ0) is 11.4. The minimum Gasteiger partial charge on any atom is -0.378 e. The first-order valence-corrected chi connectivity index (χ1v) is 6.89. The van der Waals surface area contributed by atoms with Gasteiger partial charge in [-0.1, -0.05) is 6.92 Å². The van der Waals surface area contributed by atoms with Gasteiger partial charge in [-0.3, -0.25) is 4.90 Å². The first-order valence-electron chi connectivity index (χ1n) is 6.89. The van der Waals surface area contributed by atoms with Gasteiger partial charge in [-0.15, -0.1) is 0 Å². The van der Waals surface area contributed by atoms with Crippen LogP contribution in [0.25, 0.3) is 0 Å². The summed E-state index contributed by atoms with van der Waals surface area (Å²) in [5.41, 5.74) is 0. The van der Waals surface area contributed by atoms with Crippen LogP contribution in [-0.2, 0) is 4.74 Å². The molecule has 1 atom stereocenters. The van der Waals surface area contributed by atoms with E-state index in [-0.39, 0.29) is 0 Å². The summed E-state index contributed by atoms with van der Waals surface area (Å²) in [5, 5.41) is 3.46. The van der Waals surface area contributed by atoms with Crippen LogP contribution in [0.2, 0.25) is 0 Å². The average Bonchev–Trinajstić information content (AvgIpc) is 2.68. The highest BCUT2D eigenvalue weighted by atomic mass is 16.5. The molecule has 0 amide bonds. The number of ether oxygens (including phenoxy) is 1. The molecule has 0 bridgehead atoms. The number of likely N-dealkylation sites (tertiary alicyclic amines) is 1. The van der Waals surface area contributed by atoms with Gasteiger partial charge in [0.2, 0.25) is 0 Å². The Morgan fingerprint density at radius 3 is 2.81 bits per heavy atom. The van der Waals surface area contributed by atoms with Crippen molar-refractivity contribution in [3.8, 4) is 0 Å². The van der Waals surface area contributed by atoms with Crippen molar-refractivity contribution in [3.63, 3.8) is 0 Å². The molecule has 3 nitrogen and oxygen atoms in total. The maximum Gasteiger partial charge on any atom is 0.0604 e. The number of rotatable bonds is 6. The zero-order valence-electron chi connectivity index (χ0n) is 10.7. The number of nitrogens with one attached hydrogen (secondary N) is 1. The van der Waals surface area contributed by atoms with E-state index in [1.165, 1.54) is 38.9 Å². The highest BCUT2D eigenvalue weighted by Gasteiger charge is 2.37. The van der Waals surface area contributed by atoms with Gasteiger partial charge < -0.3 is 10.1 Å². The summed E-state index contributed by atoms with van der Waals surface area (Å²) < 4.78 is 5.62. The summed E-state index contributed by atoms with van der Waals surface area (Å²) in [6, 6.07) is 0.822. The second-order valence-corrected chi connectivity index (χ2v) is 5.16. The number of nitrogens with zero attached hydrogens (tertiary/aromatic N) is 1. The van der Waals surface area contributed by atoms with Gasteiger partial charge in [-0.05, 0) is 51.7 Å². The second-order valence-electron chi connectivity index (χ2n) is 5.16. The van der Waals surface area contributed by atoms with Gasteiger partial charge in [-0.25, -0.2) is 0 Å². The van der Waals surface area contributed by atoms with Crippen molar-refractivity contribution in [2.75, 3.05) is 32.8 Å². The van der Waals surface area contributed by atoms with Crippen LogP contribution >= 0.6 is 0 Å². The summed E-state index contributed by atoms with van der Waals surface area (Å²) in [6.07, 6.45) is 4.47. The Morgan fingerprint density at radius 1 is 1.31 bits per heavy atom. The van der Waals surface area contributed by atoms with Crippen molar-refractivity contribution in [1.29, 1.82) is 0 Å². The summed E-state index contributed by atoms with van der Waals surface area (Å²) in [7, 11) is 0. The normalized spacial score (nSPS) is 35.2. The standard InChI is InChI=1S/C13H26N2O/c1-3-14-9-11-5-6-15(10-11)12-7-13(8-12)16-4-2/h11-14H,3-10H2,1-2H3. The Balaban J connectivity index is 1.62. The fourth-order valence-electron chi connectivity index (χ4n) is 2.92. The van der Waals surface area contributed by atoms with Crippen molar-refractivity contribution in [1.82, 2.24) is 10.2 Å². The van der Waals surface area contributed by atoms with E-state index >= 15 is 0 Å². The Morgan fingerprint density at radius 2 is 2.12 bits per heavy atom. The van der Waals surface area contributed by atoms with Crippen LogP contribution in [0, 0.1) is 5.92 Å². The van der Waals surface area contributed by atoms with Gasteiger partial charge in [0, 0.05) is 19.2 Å². The van der Waals surface area contributed by atoms with E-state index in [2.05, 4.69) is 24.1 Å². The molecule has 2 fully saturated rings. The van der Waals surface area contributed by atoms with Crippen molar-refractivity contribution in [2.45, 2.75) is 45.3 Å². The van der Waals surface area contributed by atoms with E-state index in [4.69, 9.17) is 4.74 Å². The summed E-state index contributed by atoms with van der Waals surface area (Å²) in [4.78, 5) is 2.68. The Kier molecular flexibility index (Phi) is 4.62. The minimum absolute atomic E-state index is 0.558. The first kappa shape index (κ1) is 12.3. The molecule has 0 aromatic carbocycles. The van der Waals surface area contributed by atoms with Gasteiger partial charge in [0.15, 0.2) is 0 Å². The van der Waals surface area contributed by atoms with E-state index in [9.17, 15) is 0 Å². The summed E-state index contributed by atoms with van der Waals surface area (Å²) in [6.45, 7) is 10.1. The van der Waals surface area contributed by atoms with Gasteiger partial charge in [0.25, 0.3) is 0 Å². The third-order valence-corrected chi connectivity index (χ3v) is 3.99. The van der Waals surface area contributed by atoms with Crippen LogP contribution in [0.1, 0.15) is 33.1 Å². The molecule has 0 radical (unpaired) electrons. The first-order chi connectivity index (χ1) is 7.83. The fraction of sp³-hybridized carbons (Fsp3) is 1.00. The molecule has 0 spiro atoms. The molecule has 0 aromatic heterocycles. The molecule has 1 N–H and O–H groups in total. The lowest BCUT2D eigenvalue weighted by atomic mass is 9.88. The molecule has 0 aromatic rings. The zero-order valence-corrected chi connectivity index (χ0v) is 10.7. The van der Waals surface area contributed by atoms with E-state index in [0.29, 0.717) is 6.10 Å². The predicted molar refractivity (Wildman–Crippen MR) is 66.7 cm³/mol. The van der Waals surface area contributed by atoms with Crippen molar-refractivity contribution in [3.05, 3.63) is 0 Å². The van der Waals surface area contributed by atoms with Crippen molar-refractivity contribution in [2.24, 2.45) is 5.92 Å². The maximum atomic E-state index is 5.62. The molecule has 1 heterocycles. The molecular weight excluding hydrogens is 200 g/mol. The van der Waals surface area contributed by atoms with E-state index in [1.54, 1.807) is 0 Å². The Labute approximate surface area is 99.5 Å². The maximum absolute atomic E-state index is 5.62. The van der Waals surface area contributed by atoms with Crippen molar-refractivity contribution >= 4 is 0 Å². The van der Waals surface area contributed by atoms with Gasteiger partial charge in [0.1, 0.15) is 0 Å². The molecule has 2 aliphatic rings. The molecule has 1 unspecified atom stereocenters. The summed E-state index contributed by atoms with van der Waals surface area (Å²) in [5.74, 6) is 0.881. The fourth-order valence-corrected chi connectivity index (χ4v) is 2.92.